The van der Waals surface area contributed by atoms with Gasteiger partial charge in [0, 0.05) is 11.7 Å². The molecule has 18 heavy (non-hydrogen) atoms. The Balaban J connectivity index is 1.81. The molecule has 0 amide bonds. The zero-order chi connectivity index (χ0) is 12.5. The normalized spacial score (nSPS) is 24.3. The zero-order valence-corrected chi connectivity index (χ0v) is 10.6. The van der Waals surface area contributed by atoms with Crippen LogP contribution >= 0.6 is 0 Å². The molecule has 2 atom stereocenters. The van der Waals surface area contributed by atoms with Crippen molar-refractivity contribution in [3.8, 4) is 0 Å². The van der Waals surface area contributed by atoms with Crippen molar-refractivity contribution < 1.29 is 4.42 Å². The molecule has 1 aliphatic carbocycles. The Morgan fingerprint density at radius 2 is 2.17 bits per heavy atom. The summed E-state index contributed by atoms with van der Waals surface area (Å²) in [5.74, 6) is 0.679. The molecule has 3 N–H and O–H groups in total. The van der Waals surface area contributed by atoms with Crippen molar-refractivity contribution >= 4 is 22.8 Å². The molecule has 1 heterocycles. The largest absolute Gasteiger partial charge is 0.424 e. The lowest BCUT2D eigenvalue weighted by molar-refractivity contribution is 0.344. The molecule has 0 bridgehead atoms. The lowest BCUT2D eigenvalue weighted by Crippen LogP contribution is -2.30. The highest BCUT2D eigenvalue weighted by atomic mass is 16.4. The van der Waals surface area contributed by atoms with Crippen LogP contribution in [0.15, 0.2) is 22.6 Å². The summed E-state index contributed by atoms with van der Waals surface area (Å²) < 4.78 is 5.70. The van der Waals surface area contributed by atoms with Crippen molar-refractivity contribution in [2.75, 3.05) is 11.1 Å². The number of nitrogen functional groups attached to an aromatic ring is 1. The first kappa shape index (κ1) is 11.4. The van der Waals surface area contributed by atoms with E-state index in [1.165, 1.54) is 25.7 Å². The van der Waals surface area contributed by atoms with Crippen LogP contribution < -0.4 is 11.1 Å². The number of aromatic nitrogens is 1. The standard InChI is InChI=1S/C14H19N3O/c1-9-4-2-3-5-11(9)16-14-17-12-8-10(15)6-7-13(12)18-14/h6-9,11H,2-5,15H2,1H3,(H,16,17). The van der Waals surface area contributed by atoms with Crippen LogP contribution in [0.2, 0.25) is 0 Å². The molecule has 4 heteroatoms. The summed E-state index contributed by atoms with van der Waals surface area (Å²) in [6, 6.07) is 6.64. The number of benzene rings is 1. The lowest BCUT2D eigenvalue weighted by Gasteiger charge is -2.28. The number of hydrogen-bond acceptors (Lipinski definition) is 4. The Morgan fingerprint density at radius 1 is 1.33 bits per heavy atom. The molecule has 2 aromatic rings. The average Bonchev–Trinajstić information content (AvgIpc) is 2.73. The topological polar surface area (TPSA) is 64.1 Å². The number of nitrogens with one attached hydrogen (secondary N) is 1. The van der Waals surface area contributed by atoms with E-state index in [1.54, 1.807) is 0 Å². The summed E-state index contributed by atoms with van der Waals surface area (Å²) in [7, 11) is 0. The Labute approximate surface area is 107 Å². The van der Waals surface area contributed by atoms with Gasteiger partial charge in [-0.2, -0.15) is 4.98 Å². The van der Waals surface area contributed by atoms with Gasteiger partial charge in [0.05, 0.1) is 0 Å². The van der Waals surface area contributed by atoms with Gasteiger partial charge in [0.15, 0.2) is 5.58 Å². The second-order valence-corrected chi connectivity index (χ2v) is 5.26. The Bertz CT molecular complexity index is 549. The van der Waals surface area contributed by atoms with E-state index in [-0.39, 0.29) is 0 Å². The van der Waals surface area contributed by atoms with Crippen LogP contribution in [0.5, 0.6) is 0 Å². The number of nitrogens with zero attached hydrogens (tertiary/aromatic N) is 1. The maximum atomic E-state index is 5.74. The second kappa shape index (κ2) is 4.52. The van der Waals surface area contributed by atoms with Crippen molar-refractivity contribution in [2.45, 2.75) is 38.6 Å². The summed E-state index contributed by atoms with van der Waals surface area (Å²) >= 11 is 0. The van der Waals surface area contributed by atoms with E-state index in [2.05, 4.69) is 17.2 Å². The molecule has 0 spiro atoms. The average molecular weight is 245 g/mol. The van der Waals surface area contributed by atoms with Gasteiger partial charge in [0.2, 0.25) is 0 Å². The van der Waals surface area contributed by atoms with Gasteiger partial charge >= 0.3 is 0 Å². The number of rotatable bonds is 2. The van der Waals surface area contributed by atoms with E-state index >= 15 is 0 Å². The molecule has 0 radical (unpaired) electrons. The first-order chi connectivity index (χ1) is 8.72. The molecule has 4 nitrogen and oxygen atoms in total. The fourth-order valence-corrected chi connectivity index (χ4v) is 2.70. The fraction of sp³-hybridized carbons (Fsp3) is 0.500. The molecular formula is C14H19N3O. The summed E-state index contributed by atoms with van der Waals surface area (Å²) in [4.78, 5) is 4.44. The van der Waals surface area contributed by atoms with Gasteiger partial charge in [-0.15, -0.1) is 0 Å². The van der Waals surface area contributed by atoms with Crippen LogP contribution in [0.3, 0.4) is 0 Å². The molecule has 1 aliphatic rings. The number of nitrogens with two attached hydrogens (primary N) is 1. The van der Waals surface area contributed by atoms with Crippen LogP contribution in [-0.2, 0) is 0 Å². The predicted octanol–water partition coefficient (Wildman–Crippen LogP) is 3.40. The quantitative estimate of drug-likeness (QED) is 0.796. The third-order valence-electron chi connectivity index (χ3n) is 3.83. The monoisotopic (exact) mass is 245 g/mol. The van der Waals surface area contributed by atoms with Gasteiger partial charge in [0.25, 0.3) is 6.01 Å². The van der Waals surface area contributed by atoms with Crippen LogP contribution in [0.25, 0.3) is 11.1 Å². The molecular weight excluding hydrogens is 226 g/mol. The Kier molecular flexibility index (Phi) is 2.86. The first-order valence-electron chi connectivity index (χ1n) is 6.65. The summed E-state index contributed by atoms with van der Waals surface area (Å²) in [5.41, 5.74) is 8.06. The van der Waals surface area contributed by atoms with Crippen molar-refractivity contribution in [1.82, 2.24) is 4.98 Å². The minimum absolute atomic E-state index is 0.476. The summed E-state index contributed by atoms with van der Waals surface area (Å²) in [5, 5.41) is 3.42. The van der Waals surface area contributed by atoms with Crippen LogP contribution in [-0.4, -0.2) is 11.0 Å². The smallest absolute Gasteiger partial charge is 0.295 e. The number of oxazole rings is 1. The third kappa shape index (κ3) is 2.15. The fourth-order valence-electron chi connectivity index (χ4n) is 2.70. The van der Waals surface area contributed by atoms with Gasteiger partial charge in [0.1, 0.15) is 5.52 Å². The van der Waals surface area contributed by atoms with E-state index < -0.39 is 0 Å². The minimum Gasteiger partial charge on any atom is -0.424 e. The molecule has 1 aromatic heterocycles. The highest BCUT2D eigenvalue weighted by molar-refractivity contribution is 5.78. The maximum absolute atomic E-state index is 5.74. The molecule has 96 valence electrons. The highest BCUT2D eigenvalue weighted by Gasteiger charge is 2.22. The Morgan fingerprint density at radius 3 is 3.00 bits per heavy atom. The van der Waals surface area contributed by atoms with E-state index in [9.17, 15) is 0 Å². The lowest BCUT2D eigenvalue weighted by atomic mass is 9.86. The summed E-state index contributed by atoms with van der Waals surface area (Å²) in [6.45, 7) is 2.29. The molecule has 0 saturated heterocycles. The highest BCUT2D eigenvalue weighted by Crippen LogP contribution is 2.28. The van der Waals surface area contributed by atoms with Gasteiger partial charge in [-0.1, -0.05) is 19.8 Å². The minimum atomic E-state index is 0.476. The molecule has 1 saturated carbocycles. The molecule has 0 aliphatic heterocycles. The van der Waals surface area contributed by atoms with Gasteiger partial charge in [-0.05, 0) is 37.0 Å². The number of anilines is 2. The molecule has 3 rings (SSSR count). The van der Waals surface area contributed by atoms with Gasteiger partial charge in [-0.3, -0.25) is 0 Å². The third-order valence-corrected chi connectivity index (χ3v) is 3.83. The second-order valence-electron chi connectivity index (χ2n) is 5.26. The van der Waals surface area contributed by atoms with Gasteiger partial charge < -0.3 is 15.5 Å². The van der Waals surface area contributed by atoms with Crippen molar-refractivity contribution in [3.05, 3.63) is 18.2 Å². The van der Waals surface area contributed by atoms with Crippen molar-refractivity contribution in [3.63, 3.8) is 0 Å². The molecule has 1 fully saturated rings. The van der Waals surface area contributed by atoms with Gasteiger partial charge in [-0.25, -0.2) is 0 Å². The van der Waals surface area contributed by atoms with Crippen LogP contribution in [0.1, 0.15) is 32.6 Å². The van der Waals surface area contributed by atoms with Crippen LogP contribution in [0.4, 0.5) is 11.7 Å². The molecule has 1 aromatic carbocycles. The number of fused-ring (bicyclic) bond motifs is 1. The van der Waals surface area contributed by atoms with Crippen molar-refractivity contribution in [1.29, 1.82) is 0 Å². The maximum Gasteiger partial charge on any atom is 0.295 e. The van der Waals surface area contributed by atoms with Crippen molar-refractivity contribution in [2.24, 2.45) is 5.92 Å². The van der Waals surface area contributed by atoms with E-state index in [4.69, 9.17) is 10.2 Å². The molecule has 2 unspecified atom stereocenters. The zero-order valence-electron chi connectivity index (χ0n) is 10.6. The SMILES string of the molecule is CC1CCCCC1Nc1nc2cc(N)ccc2o1. The van der Waals surface area contributed by atoms with E-state index in [1.807, 2.05) is 18.2 Å². The van der Waals surface area contributed by atoms with E-state index in [0.717, 1.165) is 11.1 Å². The predicted molar refractivity (Wildman–Crippen MR) is 73.5 cm³/mol. The Hall–Kier alpha value is -1.71. The number of hydrogen-bond donors (Lipinski definition) is 2. The van der Waals surface area contributed by atoms with Crippen LogP contribution in [0, 0.1) is 5.92 Å². The first-order valence-corrected chi connectivity index (χ1v) is 6.65. The summed E-state index contributed by atoms with van der Waals surface area (Å²) in [6.07, 6.45) is 5.10. The van der Waals surface area contributed by atoms with E-state index in [0.29, 0.717) is 23.7 Å².